The first-order chi connectivity index (χ1) is 19.4. The molecule has 0 bridgehead atoms. The number of phosphoric ester groups is 1. The van der Waals surface area contributed by atoms with Crippen molar-refractivity contribution >= 4 is 7.82 Å². The quantitative estimate of drug-likeness (QED) is 0.0668. The fourth-order valence-electron chi connectivity index (χ4n) is 4.64. The fourth-order valence-corrected chi connectivity index (χ4v) is 6.03. The van der Waals surface area contributed by atoms with Crippen LogP contribution in [0.1, 0.15) is 122 Å². The molecule has 11 heteroatoms. The summed E-state index contributed by atoms with van der Waals surface area (Å²) in [5, 5.41) is 0. The Labute approximate surface area is 251 Å². The molecule has 0 fully saturated rings. The van der Waals surface area contributed by atoms with Crippen LogP contribution in [0.15, 0.2) is 0 Å². The standard InChI is InChI=1S/C30H63O10P/c1-13-19-28(22(7)32-16-4)35-25(10)38-41(31,39-26(11)36-29(20-14-2)23(8)33-17-5)40-27(12)37-30(21-15-3)24(9)34-18-6/h22-30H,13-21H2,1-12H3. The number of phosphoric acid groups is 1. The van der Waals surface area contributed by atoms with Gasteiger partial charge in [-0.25, -0.2) is 4.57 Å². The first kappa shape index (κ1) is 40.9. The monoisotopic (exact) mass is 614 g/mol. The minimum Gasteiger partial charge on any atom is -0.376 e. The van der Waals surface area contributed by atoms with E-state index in [4.69, 9.17) is 42.0 Å². The van der Waals surface area contributed by atoms with Gasteiger partial charge in [0, 0.05) is 19.8 Å². The average Bonchev–Trinajstić information content (AvgIpc) is 2.87. The van der Waals surface area contributed by atoms with Crippen molar-refractivity contribution in [2.75, 3.05) is 19.8 Å². The molecule has 0 heterocycles. The highest BCUT2D eigenvalue weighted by atomic mass is 31.2. The zero-order valence-electron chi connectivity index (χ0n) is 28.1. The molecular formula is C30H63O10P. The minimum absolute atomic E-state index is 0.165. The molecule has 0 amide bonds. The van der Waals surface area contributed by atoms with Crippen molar-refractivity contribution in [1.82, 2.24) is 0 Å². The molecule has 9 atom stereocenters. The fraction of sp³-hybridized carbons (Fsp3) is 1.00. The van der Waals surface area contributed by atoms with Gasteiger partial charge in [-0.2, -0.15) is 0 Å². The largest absolute Gasteiger partial charge is 0.481 e. The van der Waals surface area contributed by atoms with Gasteiger partial charge in [-0.15, -0.1) is 0 Å². The van der Waals surface area contributed by atoms with Crippen molar-refractivity contribution in [2.45, 2.75) is 177 Å². The third-order valence-electron chi connectivity index (χ3n) is 6.51. The van der Waals surface area contributed by atoms with Gasteiger partial charge in [0.15, 0.2) is 18.9 Å². The van der Waals surface area contributed by atoms with Crippen LogP contribution in [0.3, 0.4) is 0 Å². The number of hydrogen-bond donors (Lipinski definition) is 0. The summed E-state index contributed by atoms with van der Waals surface area (Å²) in [6, 6.07) is 0. The highest BCUT2D eigenvalue weighted by Crippen LogP contribution is 2.53. The Kier molecular flexibility index (Phi) is 23.2. The molecule has 0 aliphatic carbocycles. The Morgan fingerprint density at radius 3 is 0.902 bits per heavy atom. The molecule has 0 rings (SSSR count). The maximum Gasteiger partial charge on any atom is 0.481 e. The van der Waals surface area contributed by atoms with E-state index in [-0.39, 0.29) is 36.6 Å². The SMILES string of the molecule is CCCC(OC(C)OP(=O)(OC(C)OC(CCC)C(C)OCC)OC(C)OC(CCC)C(C)OCC)C(C)OCC. The van der Waals surface area contributed by atoms with E-state index >= 15 is 0 Å². The zero-order valence-corrected chi connectivity index (χ0v) is 29.0. The van der Waals surface area contributed by atoms with Crippen LogP contribution in [-0.2, 0) is 46.6 Å². The number of ether oxygens (including phenoxy) is 6. The zero-order chi connectivity index (χ0) is 31.4. The van der Waals surface area contributed by atoms with E-state index in [1.54, 1.807) is 20.8 Å². The van der Waals surface area contributed by atoms with Gasteiger partial charge in [-0.3, -0.25) is 13.6 Å². The Morgan fingerprint density at radius 2 is 0.707 bits per heavy atom. The summed E-state index contributed by atoms with van der Waals surface area (Å²) in [6.45, 7) is 24.6. The molecular weight excluding hydrogens is 551 g/mol. The molecule has 0 N–H and O–H groups in total. The van der Waals surface area contributed by atoms with E-state index in [1.807, 2.05) is 41.5 Å². The molecule has 0 aromatic carbocycles. The van der Waals surface area contributed by atoms with Gasteiger partial charge >= 0.3 is 7.82 Å². The summed E-state index contributed by atoms with van der Waals surface area (Å²) in [6.07, 6.45) is 0.921. The lowest BCUT2D eigenvalue weighted by Crippen LogP contribution is -2.35. The Bertz CT molecular complexity index is 584. The van der Waals surface area contributed by atoms with Crippen LogP contribution in [0.5, 0.6) is 0 Å². The first-order valence-corrected chi connectivity index (χ1v) is 17.3. The van der Waals surface area contributed by atoms with E-state index in [9.17, 15) is 4.57 Å². The summed E-state index contributed by atoms with van der Waals surface area (Å²) >= 11 is 0. The number of hydrogen-bond acceptors (Lipinski definition) is 10. The molecule has 0 radical (unpaired) electrons. The summed E-state index contributed by atoms with van der Waals surface area (Å²) in [5.74, 6) is 0. The van der Waals surface area contributed by atoms with Crippen molar-refractivity contribution in [3.63, 3.8) is 0 Å². The average molecular weight is 615 g/mol. The molecule has 248 valence electrons. The van der Waals surface area contributed by atoms with Crippen LogP contribution in [0.2, 0.25) is 0 Å². The molecule has 0 aromatic rings. The maximum atomic E-state index is 14.1. The highest BCUT2D eigenvalue weighted by Gasteiger charge is 2.38. The van der Waals surface area contributed by atoms with Gasteiger partial charge in [-0.05, 0) is 81.6 Å². The van der Waals surface area contributed by atoms with Crippen molar-refractivity contribution < 1.29 is 46.6 Å². The van der Waals surface area contributed by atoms with Crippen LogP contribution in [0.25, 0.3) is 0 Å². The molecule has 41 heavy (non-hydrogen) atoms. The molecule has 0 saturated carbocycles. The van der Waals surface area contributed by atoms with Gasteiger partial charge in [0.2, 0.25) is 0 Å². The predicted octanol–water partition coefficient (Wildman–Crippen LogP) is 8.01. The molecule has 10 nitrogen and oxygen atoms in total. The molecule has 0 aliphatic heterocycles. The van der Waals surface area contributed by atoms with Crippen molar-refractivity contribution in [2.24, 2.45) is 0 Å². The summed E-state index contributed by atoms with van der Waals surface area (Å²) in [4.78, 5) is 0. The van der Waals surface area contributed by atoms with Gasteiger partial charge < -0.3 is 28.4 Å². The summed E-state index contributed by atoms with van der Waals surface area (Å²) < 4.78 is 67.5. The normalized spacial score (nSPS) is 20.4. The summed E-state index contributed by atoms with van der Waals surface area (Å²) in [5.41, 5.74) is 0. The smallest absolute Gasteiger partial charge is 0.376 e. The van der Waals surface area contributed by atoms with E-state index in [2.05, 4.69) is 20.8 Å². The topological polar surface area (TPSA) is 100 Å². The predicted molar refractivity (Wildman–Crippen MR) is 162 cm³/mol. The van der Waals surface area contributed by atoms with Gasteiger partial charge in [0.25, 0.3) is 0 Å². The van der Waals surface area contributed by atoms with Crippen LogP contribution in [0.4, 0.5) is 0 Å². The highest BCUT2D eigenvalue weighted by molar-refractivity contribution is 7.48. The minimum atomic E-state index is -4.25. The van der Waals surface area contributed by atoms with Crippen LogP contribution in [0, 0.1) is 0 Å². The van der Waals surface area contributed by atoms with Gasteiger partial charge in [0.1, 0.15) is 0 Å². The maximum absolute atomic E-state index is 14.1. The third-order valence-corrected chi connectivity index (χ3v) is 8.18. The lowest BCUT2D eigenvalue weighted by Gasteiger charge is -2.33. The van der Waals surface area contributed by atoms with Gasteiger partial charge in [0.05, 0.1) is 36.6 Å². The van der Waals surface area contributed by atoms with E-state index in [1.165, 1.54) is 0 Å². The van der Waals surface area contributed by atoms with Crippen molar-refractivity contribution in [1.29, 1.82) is 0 Å². The Hall–Kier alpha value is -0.130. The lowest BCUT2D eigenvalue weighted by atomic mass is 10.1. The van der Waals surface area contributed by atoms with E-state index in [0.29, 0.717) is 19.8 Å². The van der Waals surface area contributed by atoms with Gasteiger partial charge in [-0.1, -0.05) is 40.0 Å². The molecule has 0 saturated heterocycles. The van der Waals surface area contributed by atoms with E-state index < -0.39 is 26.7 Å². The van der Waals surface area contributed by atoms with Crippen molar-refractivity contribution in [3.8, 4) is 0 Å². The lowest BCUT2D eigenvalue weighted by molar-refractivity contribution is -0.201. The first-order valence-electron chi connectivity index (χ1n) is 15.9. The van der Waals surface area contributed by atoms with Crippen LogP contribution < -0.4 is 0 Å². The Morgan fingerprint density at radius 1 is 0.463 bits per heavy atom. The van der Waals surface area contributed by atoms with E-state index in [0.717, 1.165) is 38.5 Å². The second-order valence-corrected chi connectivity index (χ2v) is 11.9. The molecule has 0 aromatic heterocycles. The van der Waals surface area contributed by atoms with Crippen LogP contribution >= 0.6 is 7.82 Å². The van der Waals surface area contributed by atoms with Crippen LogP contribution in [-0.4, -0.2) is 75.3 Å². The number of rotatable bonds is 27. The Balaban J connectivity index is 5.85. The second-order valence-electron chi connectivity index (χ2n) is 10.3. The van der Waals surface area contributed by atoms with Crippen molar-refractivity contribution in [3.05, 3.63) is 0 Å². The molecule has 0 aliphatic rings. The second kappa shape index (κ2) is 23.3. The molecule has 9 unspecified atom stereocenters. The molecule has 0 spiro atoms. The summed E-state index contributed by atoms with van der Waals surface area (Å²) in [7, 11) is -4.25. The third kappa shape index (κ3) is 17.7.